The number of rotatable bonds is 3. The molecule has 1 aromatic carbocycles. The van der Waals surface area contributed by atoms with Crippen LogP contribution in [0.4, 0.5) is 5.69 Å². The molecule has 0 spiro atoms. The van der Waals surface area contributed by atoms with Crippen LogP contribution in [0.3, 0.4) is 0 Å². The van der Waals surface area contributed by atoms with Gasteiger partial charge in [-0.1, -0.05) is 6.42 Å². The van der Waals surface area contributed by atoms with Gasteiger partial charge in [-0.05, 0) is 45.0 Å². The van der Waals surface area contributed by atoms with Crippen LogP contribution in [-0.4, -0.2) is 43.2 Å². The molecule has 5 heteroatoms. The predicted molar refractivity (Wildman–Crippen MR) is 80.9 cm³/mol. The summed E-state index contributed by atoms with van der Waals surface area (Å²) in [5, 5.41) is 2.97. The van der Waals surface area contributed by atoms with Gasteiger partial charge in [0, 0.05) is 11.8 Å². The van der Waals surface area contributed by atoms with Crippen molar-refractivity contribution < 1.29 is 14.3 Å². The molecule has 0 saturated carbocycles. The highest BCUT2D eigenvalue weighted by Crippen LogP contribution is 2.32. The predicted octanol–water partition coefficient (Wildman–Crippen LogP) is 2.27. The number of carbonyl (C=O) groups excluding carboxylic acids is 1. The van der Waals surface area contributed by atoms with Gasteiger partial charge in [-0.15, -0.1) is 0 Å². The molecule has 1 fully saturated rings. The SMILES string of the molecule is C[C@H](C(=O)Nc1ccc2c(c1)OCCO2)N1CCCCC1. The number of anilines is 1. The van der Waals surface area contributed by atoms with Crippen molar-refractivity contribution in [1.29, 1.82) is 0 Å². The highest BCUT2D eigenvalue weighted by atomic mass is 16.6. The minimum absolute atomic E-state index is 0.0357. The van der Waals surface area contributed by atoms with Crippen LogP contribution in [0.5, 0.6) is 11.5 Å². The average molecular weight is 290 g/mol. The van der Waals surface area contributed by atoms with E-state index in [1.807, 2.05) is 25.1 Å². The maximum atomic E-state index is 12.4. The zero-order valence-corrected chi connectivity index (χ0v) is 12.4. The van der Waals surface area contributed by atoms with Crippen LogP contribution in [0.2, 0.25) is 0 Å². The molecule has 1 aromatic rings. The monoisotopic (exact) mass is 290 g/mol. The van der Waals surface area contributed by atoms with E-state index in [2.05, 4.69) is 10.2 Å². The van der Waals surface area contributed by atoms with Crippen LogP contribution in [0.1, 0.15) is 26.2 Å². The van der Waals surface area contributed by atoms with Gasteiger partial charge in [0.2, 0.25) is 5.91 Å². The third-order valence-electron chi connectivity index (χ3n) is 4.13. The minimum Gasteiger partial charge on any atom is -0.486 e. The van der Waals surface area contributed by atoms with Crippen LogP contribution in [0, 0.1) is 0 Å². The highest BCUT2D eigenvalue weighted by molar-refractivity contribution is 5.94. The van der Waals surface area contributed by atoms with Crippen molar-refractivity contribution in [2.75, 3.05) is 31.6 Å². The Kier molecular flexibility index (Phi) is 4.29. The highest BCUT2D eigenvalue weighted by Gasteiger charge is 2.23. The van der Waals surface area contributed by atoms with Crippen molar-refractivity contribution in [3.63, 3.8) is 0 Å². The topological polar surface area (TPSA) is 50.8 Å². The number of piperidine rings is 1. The Morgan fingerprint density at radius 2 is 1.86 bits per heavy atom. The summed E-state index contributed by atoms with van der Waals surface area (Å²) in [4.78, 5) is 14.6. The van der Waals surface area contributed by atoms with Gasteiger partial charge in [-0.25, -0.2) is 0 Å². The number of hydrogen-bond acceptors (Lipinski definition) is 4. The molecule has 1 amide bonds. The standard InChI is InChI=1S/C16H22N2O3/c1-12(18-7-3-2-4-8-18)16(19)17-13-5-6-14-15(11-13)21-10-9-20-14/h5-6,11-12H,2-4,7-10H2,1H3,(H,17,19)/t12-/m1/s1. The average Bonchev–Trinajstić information content (AvgIpc) is 2.55. The molecule has 0 bridgehead atoms. The Hall–Kier alpha value is -1.75. The second-order valence-corrected chi connectivity index (χ2v) is 5.62. The van der Waals surface area contributed by atoms with Gasteiger partial charge in [0.1, 0.15) is 13.2 Å². The van der Waals surface area contributed by atoms with E-state index in [0.29, 0.717) is 19.0 Å². The summed E-state index contributed by atoms with van der Waals surface area (Å²) in [7, 11) is 0. The molecule has 1 saturated heterocycles. The summed E-state index contributed by atoms with van der Waals surface area (Å²) in [6.45, 7) is 5.11. The summed E-state index contributed by atoms with van der Waals surface area (Å²) in [5.41, 5.74) is 0.758. The molecule has 2 aliphatic heterocycles. The van der Waals surface area contributed by atoms with E-state index in [1.54, 1.807) is 0 Å². The van der Waals surface area contributed by atoms with Gasteiger partial charge in [-0.3, -0.25) is 9.69 Å². The summed E-state index contributed by atoms with van der Waals surface area (Å²) < 4.78 is 11.0. The Bertz CT molecular complexity index is 512. The number of fused-ring (bicyclic) bond motifs is 1. The van der Waals surface area contributed by atoms with E-state index in [0.717, 1.165) is 24.5 Å². The zero-order chi connectivity index (χ0) is 14.7. The van der Waals surface area contributed by atoms with Crippen LogP contribution < -0.4 is 14.8 Å². The van der Waals surface area contributed by atoms with Gasteiger partial charge in [0.05, 0.1) is 6.04 Å². The van der Waals surface area contributed by atoms with Crippen LogP contribution in [0.15, 0.2) is 18.2 Å². The maximum absolute atomic E-state index is 12.4. The van der Waals surface area contributed by atoms with Crippen molar-refractivity contribution in [2.24, 2.45) is 0 Å². The van der Waals surface area contributed by atoms with Crippen molar-refractivity contribution in [3.8, 4) is 11.5 Å². The van der Waals surface area contributed by atoms with Crippen LogP contribution in [0.25, 0.3) is 0 Å². The number of carbonyl (C=O) groups is 1. The molecule has 114 valence electrons. The molecule has 2 heterocycles. The molecule has 5 nitrogen and oxygen atoms in total. The third kappa shape index (κ3) is 3.29. The van der Waals surface area contributed by atoms with Crippen LogP contribution >= 0.6 is 0 Å². The van der Waals surface area contributed by atoms with Gasteiger partial charge >= 0.3 is 0 Å². The lowest BCUT2D eigenvalue weighted by Gasteiger charge is -2.31. The molecule has 2 aliphatic rings. The molecule has 0 aromatic heterocycles. The summed E-state index contributed by atoms with van der Waals surface area (Å²) in [5.74, 6) is 1.47. The fraction of sp³-hybridized carbons (Fsp3) is 0.562. The molecule has 0 aliphatic carbocycles. The Labute approximate surface area is 125 Å². The number of likely N-dealkylation sites (tertiary alicyclic amines) is 1. The second-order valence-electron chi connectivity index (χ2n) is 5.62. The quantitative estimate of drug-likeness (QED) is 0.928. The number of nitrogens with one attached hydrogen (secondary N) is 1. The van der Waals surface area contributed by atoms with Crippen molar-refractivity contribution >= 4 is 11.6 Å². The first kappa shape index (κ1) is 14.2. The van der Waals surface area contributed by atoms with E-state index < -0.39 is 0 Å². The van der Waals surface area contributed by atoms with Crippen molar-refractivity contribution in [3.05, 3.63) is 18.2 Å². The van der Waals surface area contributed by atoms with E-state index in [9.17, 15) is 4.79 Å². The number of nitrogens with zero attached hydrogens (tertiary/aromatic N) is 1. The normalized spacial score (nSPS) is 19.9. The summed E-state index contributed by atoms with van der Waals surface area (Å²) in [6.07, 6.45) is 3.64. The third-order valence-corrected chi connectivity index (χ3v) is 4.13. The van der Waals surface area contributed by atoms with E-state index in [4.69, 9.17) is 9.47 Å². The van der Waals surface area contributed by atoms with E-state index in [-0.39, 0.29) is 11.9 Å². The van der Waals surface area contributed by atoms with Crippen molar-refractivity contribution in [2.45, 2.75) is 32.2 Å². The smallest absolute Gasteiger partial charge is 0.241 e. The van der Waals surface area contributed by atoms with Gasteiger partial charge in [-0.2, -0.15) is 0 Å². The molecule has 0 unspecified atom stereocenters. The summed E-state index contributed by atoms with van der Waals surface area (Å²) >= 11 is 0. The number of ether oxygens (including phenoxy) is 2. The fourth-order valence-electron chi connectivity index (χ4n) is 2.84. The second kappa shape index (κ2) is 6.35. The largest absolute Gasteiger partial charge is 0.486 e. The number of amides is 1. The first-order valence-corrected chi connectivity index (χ1v) is 7.68. The van der Waals surface area contributed by atoms with E-state index in [1.165, 1.54) is 19.3 Å². The molecule has 3 rings (SSSR count). The Morgan fingerprint density at radius 3 is 2.62 bits per heavy atom. The molecule has 1 atom stereocenters. The fourth-order valence-corrected chi connectivity index (χ4v) is 2.84. The zero-order valence-electron chi connectivity index (χ0n) is 12.4. The summed E-state index contributed by atoms with van der Waals surface area (Å²) in [6, 6.07) is 5.43. The van der Waals surface area contributed by atoms with Gasteiger partial charge in [0.25, 0.3) is 0 Å². The Morgan fingerprint density at radius 1 is 1.14 bits per heavy atom. The lowest BCUT2D eigenvalue weighted by Crippen LogP contribution is -2.44. The lowest BCUT2D eigenvalue weighted by atomic mass is 10.1. The molecule has 21 heavy (non-hydrogen) atoms. The van der Waals surface area contributed by atoms with Gasteiger partial charge < -0.3 is 14.8 Å². The Balaban J connectivity index is 1.63. The molecular weight excluding hydrogens is 268 g/mol. The van der Waals surface area contributed by atoms with Gasteiger partial charge in [0.15, 0.2) is 11.5 Å². The molecular formula is C16H22N2O3. The number of hydrogen-bond donors (Lipinski definition) is 1. The molecule has 1 N–H and O–H groups in total. The molecule has 0 radical (unpaired) electrons. The first-order valence-electron chi connectivity index (χ1n) is 7.68. The first-order chi connectivity index (χ1) is 10.2. The van der Waals surface area contributed by atoms with Crippen molar-refractivity contribution in [1.82, 2.24) is 4.90 Å². The maximum Gasteiger partial charge on any atom is 0.241 e. The number of benzene rings is 1. The van der Waals surface area contributed by atoms with E-state index >= 15 is 0 Å². The van der Waals surface area contributed by atoms with Crippen LogP contribution in [-0.2, 0) is 4.79 Å². The minimum atomic E-state index is -0.0986. The lowest BCUT2D eigenvalue weighted by molar-refractivity contribution is -0.121.